The first-order chi connectivity index (χ1) is 8.68. The van der Waals surface area contributed by atoms with Gasteiger partial charge in [0.2, 0.25) is 0 Å². The maximum Gasteiger partial charge on any atom is 0.318 e. The Kier molecular flexibility index (Phi) is 5.66. The van der Waals surface area contributed by atoms with E-state index in [4.69, 9.17) is 4.74 Å². The van der Waals surface area contributed by atoms with Gasteiger partial charge < -0.3 is 4.74 Å². The van der Waals surface area contributed by atoms with Gasteiger partial charge in [-0.15, -0.1) is 10.3 Å². The Morgan fingerprint density at radius 1 is 1.37 bits per heavy atom. The Balaban J connectivity index is 2.90. The van der Waals surface area contributed by atoms with Gasteiger partial charge in [-0.1, -0.05) is 36.4 Å². The average molecular weight is 382 g/mol. The number of alkyl halides is 1. The second-order valence-corrected chi connectivity index (χ2v) is 7.99. The van der Waals surface area contributed by atoms with Gasteiger partial charge in [-0.25, -0.2) is 0 Å². The first kappa shape index (κ1) is 17.2. The summed E-state index contributed by atoms with van der Waals surface area (Å²) in [6.07, 6.45) is 2.66. The zero-order chi connectivity index (χ0) is 14.8. The van der Waals surface area contributed by atoms with Gasteiger partial charge in [0, 0.05) is 18.4 Å². The third-order valence-electron chi connectivity index (χ3n) is 4.24. The minimum Gasteiger partial charge on any atom is -0.461 e. The van der Waals surface area contributed by atoms with Crippen LogP contribution < -0.4 is 0 Å². The van der Waals surface area contributed by atoms with Crippen LogP contribution in [0.15, 0.2) is 0 Å². The van der Waals surface area contributed by atoms with Crippen LogP contribution in [0.25, 0.3) is 0 Å². The van der Waals surface area contributed by atoms with Crippen molar-refractivity contribution in [2.24, 2.45) is 0 Å². The summed E-state index contributed by atoms with van der Waals surface area (Å²) in [5, 5.41) is 13.8. The molecule has 2 atom stereocenters. The molecule has 0 bridgehead atoms. The molecule has 4 nitrogen and oxygen atoms in total. The number of nitrogens with zero attached hydrogens (tertiary/aromatic N) is 1. The highest BCUT2D eigenvalue weighted by Gasteiger charge is 2.50. The van der Waals surface area contributed by atoms with Gasteiger partial charge in [0.25, 0.3) is 0 Å². The minimum absolute atomic E-state index is 0.148. The van der Waals surface area contributed by atoms with E-state index < -0.39 is 11.1 Å². The van der Waals surface area contributed by atoms with E-state index in [0.717, 1.165) is 12.8 Å². The summed E-state index contributed by atoms with van der Waals surface area (Å²) >= 11 is 2.06. The van der Waals surface area contributed by atoms with Crippen LogP contribution in [0.3, 0.4) is 0 Å². The van der Waals surface area contributed by atoms with Crippen molar-refractivity contribution in [3.8, 4) is 0 Å². The van der Waals surface area contributed by atoms with E-state index >= 15 is 0 Å². The van der Waals surface area contributed by atoms with Gasteiger partial charge in [0.1, 0.15) is 10.0 Å². The Morgan fingerprint density at radius 3 is 2.32 bits per heavy atom. The molecule has 5 heteroatoms. The maximum absolute atomic E-state index is 12.6. The lowest BCUT2D eigenvalue weighted by atomic mass is 9.75. The fraction of sp³-hybridized carbons (Fsp3) is 0.929. The third-order valence-corrected chi connectivity index (χ3v) is 4.75. The van der Waals surface area contributed by atoms with Crippen LogP contribution in [0.2, 0.25) is 0 Å². The van der Waals surface area contributed by atoms with Crippen LogP contribution >= 0.6 is 22.6 Å². The molecule has 0 saturated carbocycles. The van der Waals surface area contributed by atoms with E-state index in [1.54, 1.807) is 0 Å². The molecule has 1 fully saturated rings. The van der Waals surface area contributed by atoms with Crippen molar-refractivity contribution in [3.05, 3.63) is 0 Å². The molecule has 1 rings (SSSR count). The molecule has 0 aromatic carbocycles. The summed E-state index contributed by atoms with van der Waals surface area (Å²) in [4.78, 5) is 11.8. The Bertz CT molecular complexity index is 327. The number of hydroxylamine groups is 2. The fourth-order valence-corrected chi connectivity index (χ4v) is 3.18. The molecule has 0 aromatic heterocycles. The zero-order valence-corrected chi connectivity index (χ0v) is 14.7. The van der Waals surface area contributed by atoms with Crippen molar-refractivity contribution in [1.82, 2.24) is 5.06 Å². The lowest BCUT2D eigenvalue weighted by Gasteiger charge is -2.52. The lowest BCUT2D eigenvalue weighted by Crippen LogP contribution is -2.62. The molecule has 2 unspecified atom stereocenters. The van der Waals surface area contributed by atoms with Gasteiger partial charge in [0.05, 0.1) is 5.54 Å². The third kappa shape index (κ3) is 3.61. The van der Waals surface area contributed by atoms with Crippen LogP contribution in [0, 0.1) is 0 Å². The SMILES string of the molecule is CCC1(CC)CC(OC(=O)C(C)I)CC(C)(C)N1[O]. The Labute approximate surface area is 130 Å². The summed E-state index contributed by atoms with van der Waals surface area (Å²) in [7, 11) is 0. The van der Waals surface area contributed by atoms with Gasteiger partial charge in [0.15, 0.2) is 0 Å². The standard InChI is InChI=1S/C14H25INO3/c1-6-14(7-2)9-11(19-12(17)10(3)15)8-13(4,5)16(14)18/h10-11H,6-9H2,1-5H3. The molecule has 1 aliphatic heterocycles. The quantitative estimate of drug-likeness (QED) is 0.425. The maximum atomic E-state index is 12.6. The molecule has 1 aliphatic rings. The molecule has 0 N–H and O–H groups in total. The second kappa shape index (κ2) is 6.26. The Morgan fingerprint density at radius 2 is 1.89 bits per heavy atom. The highest BCUT2D eigenvalue weighted by molar-refractivity contribution is 14.1. The molecule has 1 heterocycles. The Hall–Kier alpha value is 0.120. The summed E-state index contributed by atoms with van der Waals surface area (Å²) in [5.74, 6) is -0.179. The molecular weight excluding hydrogens is 357 g/mol. The summed E-state index contributed by atoms with van der Waals surface area (Å²) in [6.45, 7) is 9.77. The fourth-order valence-electron chi connectivity index (χ4n) is 3.03. The number of carbonyl (C=O) groups excluding carboxylic acids is 1. The van der Waals surface area contributed by atoms with Gasteiger partial charge in [-0.05, 0) is 33.6 Å². The number of hydrogen-bond acceptors (Lipinski definition) is 3. The molecule has 111 valence electrons. The topological polar surface area (TPSA) is 49.4 Å². The number of rotatable bonds is 4. The molecule has 1 saturated heterocycles. The number of esters is 1. The van der Waals surface area contributed by atoms with Gasteiger partial charge in [-0.3, -0.25) is 4.79 Å². The molecule has 1 radical (unpaired) electrons. The molecular formula is C14H25INO3. The average Bonchev–Trinajstić information content (AvgIpc) is 2.33. The predicted octanol–water partition coefficient (Wildman–Crippen LogP) is 3.50. The van der Waals surface area contributed by atoms with Crippen LogP contribution in [0.5, 0.6) is 0 Å². The van der Waals surface area contributed by atoms with Crippen molar-refractivity contribution < 1.29 is 14.7 Å². The molecule has 0 amide bonds. The minimum atomic E-state index is -0.482. The van der Waals surface area contributed by atoms with Crippen molar-refractivity contribution in [1.29, 1.82) is 0 Å². The smallest absolute Gasteiger partial charge is 0.318 e. The van der Waals surface area contributed by atoms with Crippen molar-refractivity contribution in [2.45, 2.75) is 81.4 Å². The summed E-state index contributed by atoms with van der Waals surface area (Å²) < 4.78 is 5.43. The van der Waals surface area contributed by atoms with Gasteiger partial charge >= 0.3 is 5.97 Å². The normalized spacial score (nSPS) is 27.8. The number of carbonyl (C=O) groups is 1. The summed E-state index contributed by atoms with van der Waals surface area (Å²) in [6, 6.07) is 0. The van der Waals surface area contributed by atoms with E-state index in [1.807, 2.05) is 34.6 Å². The first-order valence-corrected chi connectivity index (χ1v) is 8.25. The van der Waals surface area contributed by atoms with Crippen molar-refractivity contribution in [2.75, 3.05) is 0 Å². The second-order valence-electron chi connectivity index (χ2n) is 6.12. The van der Waals surface area contributed by atoms with Crippen LogP contribution in [0.4, 0.5) is 0 Å². The van der Waals surface area contributed by atoms with E-state index in [-0.39, 0.29) is 16.0 Å². The van der Waals surface area contributed by atoms with E-state index in [2.05, 4.69) is 22.6 Å². The molecule has 0 aliphatic carbocycles. The van der Waals surface area contributed by atoms with Crippen molar-refractivity contribution >= 4 is 28.6 Å². The van der Waals surface area contributed by atoms with Gasteiger partial charge in [-0.2, -0.15) is 0 Å². The van der Waals surface area contributed by atoms with Crippen LogP contribution in [0.1, 0.15) is 60.3 Å². The highest BCUT2D eigenvalue weighted by atomic mass is 127. The molecule has 19 heavy (non-hydrogen) atoms. The predicted molar refractivity (Wildman–Crippen MR) is 82.5 cm³/mol. The number of halogens is 1. The number of ether oxygens (including phenoxy) is 1. The largest absolute Gasteiger partial charge is 0.461 e. The van der Waals surface area contributed by atoms with Crippen LogP contribution in [-0.2, 0) is 14.7 Å². The van der Waals surface area contributed by atoms with Crippen LogP contribution in [-0.4, -0.2) is 32.1 Å². The zero-order valence-electron chi connectivity index (χ0n) is 12.5. The van der Waals surface area contributed by atoms with Crippen molar-refractivity contribution in [3.63, 3.8) is 0 Å². The van der Waals surface area contributed by atoms with E-state index in [0.29, 0.717) is 12.8 Å². The number of hydrogen-bond donors (Lipinski definition) is 0. The summed E-state index contributed by atoms with van der Waals surface area (Å²) in [5.41, 5.74) is -0.884. The first-order valence-electron chi connectivity index (χ1n) is 7.00. The highest BCUT2D eigenvalue weighted by Crippen LogP contribution is 2.42. The molecule has 0 spiro atoms. The monoisotopic (exact) mass is 382 g/mol. The van der Waals surface area contributed by atoms with E-state index in [1.165, 1.54) is 5.06 Å². The van der Waals surface area contributed by atoms with E-state index in [9.17, 15) is 10.0 Å². The number of piperidine rings is 1. The molecule has 0 aromatic rings. The lowest BCUT2D eigenvalue weighted by molar-refractivity contribution is -0.309.